The minimum Gasteiger partial charge on any atom is -0.369 e. The van der Waals surface area contributed by atoms with Crippen LogP contribution in [0.25, 0.3) is 0 Å². The average molecular weight is 547 g/mol. The molecule has 2 aliphatic heterocycles. The second kappa shape index (κ2) is 11.4. The Morgan fingerprint density at radius 3 is 2.54 bits per heavy atom. The number of nitrogens with one attached hydrogen (secondary N) is 2. The van der Waals surface area contributed by atoms with Crippen molar-refractivity contribution in [1.82, 2.24) is 24.7 Å². The molecule has 1 aliphatic carbocycles. The molecule has 0 unspecified atom stereocenters. The number of hydrogen-bond acceptors (Lipinski definition) is 7. The summed E-state index contributed by atoms with van der Waals surface area (Å²) >= 11 is 0. The first-order chi connectivity index (χ1) is 18.7. The zero-order valence-electron chi connectivity index (χ0n) is 22.6. The summed E-state index contributed by atoms with van der Waals surface area (Å²) in [5.74, 6) is 0.292. The third-order valence-electron chi connectivity index (χ3n) is 7.68. The van der Waals surface area contributed by atoms with Crippen molar-refractivity contribution in [2.75, 3.05) is 82.0 Å². The van der Waals surface area contributed by atoms with E-state index in [9.17, 15) is 18.0 Å². The lowest BCUT2D eigenvalue weighted by molar-refractivity contribution is -0.137. The highest BCUT2D eigenvalue weighted by Crippen LogP contribution is 2.45. The maximum absolute atomic E-state index is 13.7. The highest BCUT2D eigenvalue weighted by Gasteiger charge is 2.35. The van der Waals surface area contributed by atoms with Crippen molar-refractivity contribution < 1.29 is 18.0 Å². The number of aromatic nitrogens is 2. The van der Waals surface area contributed by atoms with Gasteiger partial charge in [-0.1, -0.05) is 0 Å². The fourth-order valence-corrected chi connectivity index (χ4v) is 5.18. The van der Waals surface area contributed by atoms with E-state index in [1.54, 1.807) is 16.8 Å². The molecular weight excluding hydrogens is 509 g/mol. The number of nitrogens with zero attached hydrogens (tertiary/aromatic N) is 6. The van der Waals surface area contributed by atoms with E-state index >= 15 is 0 Å². The number of likely N-dealkylation sites (N-methyl/N-ethyl adjacent to an activating group) is 1. The van der Waals surface area contributed by atoms with Gasteiger partial charge in [0, 0.05) is 77.0 Å². The quantitative estimate of drug-likeness (QED) is 0.451. The highest BCUT2D eigenvalue weighted by atomic mass is 19.4. The third-order valence-corrected chi connectivity index (χ3v) is 7.68. The van der Waals surface area contributed by atoms with Gasteiger partial charge in [0.05, 0.1) is 0 Å². The summed E-state index contributed by atoms with van der Waals surface area (Å²) in [7, 11) is 3.88. The van der Waals surface area contributed by atoms with Crippen LogP contribution in [0.3, 0.4) is 0 Å². The van der Waals surface area contributed by atoms with Crippen LogP contribution < -0.4 is 15.5 Å². The molecule has 0 spiro atoms. The van der Waals surface area contributed by atoms with Crippen LogP contribution in [0.15, 0.2) is 24.4 Å². The largest absolute Gasteiger partial charge is 0.421 e. The SMILES string of the molecule is CN1CCN(c2ccc(Nc3ncc(C(F)(F)F)c(NCCCN4CCCN(C)C4=O)n3)c(C3CC3)c2)CC1. The predicted molar refractivity (Wildman–Crippen MR) is 146 cm³/mol. The van der Waals surface area contributed by atoms with Gasteiger partial charge in [0.15, 0.2) is 0 Å². The molecule has 1 aromatic carbocycles. The summed E-state index contributed by atoms with van der Waals surface area (Å²) in [6.45, 7) is 6.06. The number of urea groups is 1. The van der Waals surface area contributed by atoms with Crippen LogP contribution in [0.4, 0.5) is 41.1 Å². The maximum Gasteiger partial charge on any atom is 0.421 e. The smallest absolute Gasteiger partial charge is 0.369 e. The lowest BCUT2D eigenvalue weighted by atomic mass is 10.1. The number of carbonyl (C=O) groups excluding carboxylic acids is 1. The van der Waals surface area contributed by atoms with Crippen molar-refractivity contribution in [3.63, 3.8) is 0 Å². The zero-order valence-corrected chi connectivity index (χ0v) is 22.6. The molecule has 212 valence electrons. The molecule has 3 heterocycles. The second-order valence-electron chi connectivity index (χ2n) is 10.7. The van der Waals surface area contributed by atoms with E-state index < -0.39 is 11.7 Å². The number of anilines is 4. The molecule has 5 rings (SSSR count). The van der Waals surface area contributed by atoms with Crippen molar-refractivity contribution in [3.05, 3.63) is 35.5 Å². The van der Waals surface area contributed by atoms with Gasteiger partial charge in [-0.3, -0.25) is 0 Å². The van der Waals surface area contributed by atoms with Crippen LogP contribution >= 0.6 is 0 Å². The van der Waals surface area contributed by atoms with Crippen LogP contribution in [0.1, 0.15) is 42.7 Å². The molecule has 2 amide bonds. The standard InChI is InChI=1S/C27H37F3N8O/c1-35-13-15-37(16-14-35)20-7-8-23(21(17-20)19-5-6-19)33-25-32-18-22(27(28,29)30)24(34-25)31-9-3-11-38-12-4-10-36(2)26(38)39/h7-8,17-19H,3-6,9-16H2,1-2H3,(H2,31,32,33,34). The molecule has 1 aromatic heterocycles. The Bertz CT molecular complexity index is 1160. The Morgan fingerprint density at radius 2 is 1.82 bits per heavy atom. The predicted octanol–water partition coefficient (Wildman–Crippen LogP) is 4.43. The van der Waals surface area contributed by atoms with Gasteiger partial charge in [-0.15, -0.1) is 0 Å². The van der Waals surface area contributed by atoms with Crippen LogP contribution in [-0.2, 0) is 6.18 Å². The molecule has 0 bridgehead atoms. The van der Waals surface area contributed by atoms with Crippen molar-refractivity contribution in [3.8, 4) is 0 Å². The van der Waals surface area contributed by atoms with E-state index in [0.29, 0.717) is 25.4 Å². The average Bonchev–Trinajstić information content (AvgIpc) is 3.75. The molecule has 39 heavy (non-hydrogen) atoms. The lowest BCUT2D eigenvalue weighted by Crippen LogP contribution is -2.47. The molecule has 2 aromatic rings. The monoisotopic (exact) mass is 546 g/mol. The Hall–Kier alpha value is -3.28. The van der Waals surface area contributed by atoms with Gasteiger partial charge in [-0.2, -0.15) is 18.2 Å². The van der Waals surface area contributed by atoms with E-state index in [2.05, 4.69) is 49.6 Å². The van der Waals surface area contributed by atoms with Gasteiger partial charge >= 0.3 is 12.2 Å². The van der Waals surface area contributed by atoms with Gasteiger partial charge in [-0.25, -0.2) is 9.78 Å². The lowest BCUT2D eigenvalue weighted by Gasteiger charge is -2.34. The third kappa shape index (κ3) is 6.66. The first kappa shape index (κ1) is 27.3. The number of hydrogen-bond donors (Lipinski definition) is 2. The van der Waals surface area contributed by atoms with Gasteiger partial charge < -0.3 is 30.2 Å². The van der Waals surface area contributed by atoms with Crippen LogP contribution in [0, 0.1) is 0 Å². The van der Waals surface area contributed by atoms with Gasteiger partial charge in [0.2, 0.25) is 5.95 Å². The molecule has 3 fully saturated rings. The fourth-order valence-electron chi connectivity index (χ4n) is 5.18. The second-order valence-corrected chi connectivity index (χ2v) is 10.7. The summed E-state index contributed by atoms with van der Waals surface area (Å²) in [5.41, 5.74) is 2.24. The number of alkyl halides is 3. The minimum absolute atomic E-state index is 0.0455. The Morgan fingerprint density at radius 1 is 1.05 bits per heavy atom. The highest BCUT2D eigenvalue weighted by molar-refractivity contribution is 5.74. The number of carbonyl (C=O) groups is 1. The number of rotatable bonds is 9. The van der Waals surface area contributed by atoms with Gasteiger partial charge in [0.1, 0.15) is 11.4 Å². The van der Waals surface area contributed by atoms with Gasteiger partial charge in [-0.05, 0) is 62.4 Å². The van der Waals surface area contributed by atoms with Gasteiger partial charge in [0.25, 0.3) is 0 Å². The summed E-state index contributed by atoms with van der Waals surface area (Å²) in [6.07, 6.45) is -0.184. The Labute approximate surface area is 227 Å². The van der Waals surface area contributed by atoms with Crippen molar-refractivity contribution in [1.29, 1.82) is 0 Å². The molecule has 0 atom stereocenters. The molecule has 0 radical (unpaired) electrons. The molecule has 3 aliphatic rings. The van der Waals surface area contributed by atoms with Crippen LogP contribution in [0.5, 0.6) is 0 Å². The molecular formula is C27H37F3N8O. The van der Waals surface area contributed by atoms with Crippen molar-refractivity contribution in [2.45, 2.75) is 37.8 Å². The first-order valence-electron chi connectivity index (χ1n) is 13.7. The van der Waals surface area contributed by atoms with E-state index in [1.165, 1.54) is 5.69 Å². The normalized spacial score (nSPS) is 19.0. The van der Waals surface area contributed by atoms with E-state index in [0.717, 1.165) is 69.4 Å². The van der Waals surface area contributed by atoms with E-state index in [4.69, 9.17) is 0 Å². The molecule has 12 heteroatoms. The minimum atomic E-state index is -4.59. The first-order valence-corrected chi connectivity index (χ1v) is 13.7. The number of piperazine rings is 1. The van der Waals surface area contributed by atoms with Crippen molar-refractivity contribution >= 4 is 29.2 Å². The number of benzene rings is 1. The number of halogens is 3. The molecule has 1 saturated carbocycles. The Balaban J connectivity index is 1.28. The molecule has 2 saturated heterocycles. The number of amides is 2. The summed E-state index contributed by atoms with van der Waals surface area (Å²) in [6, 6.07) is 6.20. The summed E-state index contributed by atoms with van der Waals surface area (Å²) < 4.78 is 41.2. The van der Waals surface area contributed by atoms with E-state index in [-0.39, 0.29) is 24.3 Å². The zero-order chi connectivity index (χ0) is 27.6. The topological polar surface area (TPSA) is 79.9 Å². The Kier molecular flexibility index (Phi) is 8.01. The fraction of sp³-hybridized carbons (Fsp3) is 0.593. The van der Waals surface area contributed by atoms with Crippen LogP contribution in [0.2, 0.25) is 0 Å². The summed E-state index contributed by atoms with van der Waals surface area (Å²) in [5, 5.41) is 6.03. The summed E-state index contributed by atoms with van der Waals surface area (Å²) in [4.78, 5) is 28.6. The van der Waals surface area contributed by atoms with Crippen molar-refractivity contribution in [2.24, 2.45) is 0 Å². The van der Waals surface area contributed by atoms with E-state index in [1.807, 2.05) is 6.07 Å². The van der Waals surface area contributed by atoms with Crippen LogP contribution in [-0.4, -0.2) is 97.2 Å². The maximum atomic E-state index is 13.7. The molecule has 9 nitrogen and oxygen atoms in total. The molecule has 2 N–H and O–H groups in total.